The van der Waals surface area contributed by atoms with Crippen molar-refractivity contribution >= 4 is 38.4 Å². The van der Waals surface area contributed by atoms with E-state index in [0.29, 0.717) is 11.0 Å². The molecule has 8 heteroatoms. The van der Waals surface area contributed by atoms with Crippen molar-refractivity contribution in [2.24, 2.45) is 0 Å². The van der Waals surface area contributed by atoms with Crippen molar-refractivity contribution in [2.45, 2.75) is 36.2 Å². The first-order chi connectivity index (χ1) is 9.50. The number of benzene rings is 1. The Morgan fingerprint density at radius 3 is 2.71 bits per heavy atom. The average molecular weight is 400 g/mol. The van der Waals surface area contributed by atoms with Crippen LogP contribution in [0.25, 0.3) is 0 Å². The molecule has 21 heavy (non-hydrogen) atoms. The molecule has 2 unspecified atom stereocenters. The highest BCUT2D eigenvalue weighted by molar-refractivity contribution is 9.10. The van der Waals surface area contributed by atoms with Gasteiger partial charge in [-0.05, 0) is 44.0 Å². The summed E-state index contributed by atoms with van der Waals surface area (Å²) in [6.07, 6.45) is 2.49. The van der Waals surface area contributed by atoms with Gasteiger partial charge < -0.3 is 5.32 Å². The molecule has 2 fully saturated rings. The molecule has 0 radical (unpaired) electrons. The van der Waals surface area contributed by atoms with Gasteiger partial charge in [0.05, 0.1) is 0 Å². The maximum Gasteiger partial charge on any atom is 0.246 e. The van der Waals surface area contributed by atoms with Crippen LogP contribution in [-0.4, -0.2) is 37.9 Å². The first-order valence-corrected chi connectivity index (χ1v) is 8.93. The fourth-order valence-electron chi connectivity index (χ4n) is 3.12. The van der Waals surface area contributed by atoms with E-state index >= 15 is 0 Å². The second kappa shape index (κ2) is 6.50. The Morgan fingerprint density at radius 1 is 1.24 bits per heavy atom. The summed E-state index contributed by atoms with van der Waals surface area (Å²) in [7, 11) is -3.79. The molecule has 2 bridgehead atoms. The van der Waals surface area contributed by atoms with Gasteiger partial charge >= 0.3 is 0 Å². The minimum Gasteiger partial charge on any atom is -0.315 e. The second-order valence-electron chi connectivity index (χ2n) is 5.29. The number of fused-ring (bicyclic) bond motifs is 2. The minimum atomic E-state index is -3.79. The zero-order valence-corrected chi connectivity index (χ0v) is 14.5. The number of sulfonamides is 1. The van der Waals surface area contributed by atoms with Crippen LogP contribution in [0.1, 0.15) is 19.3 Å². The zero-order chi connectivity index (χ0) is 14.3. The van der Waals surface area contributed by atoms with Crippen LogP contribution in [0.5, 0.6) is 0 Å². The van der Waals surface area contributed by atoms with Crippen molar-refractivity contribution in [1.29, 1.82) is 0 Å². The molecular weight excluding hydrogens is 383 g/mol. The first-order valence-electron chi connectivity index (χ1n) is 6.69. The highest BCUT2D eigenvalue weighted by Gasteiger charge is 2.43. The standard InChI is InChI=1S/C13H16BrFN2O2S.ClH/c14-9-1-4-12(15)13(7-9)20(18,19)17-10-2-3-11(17)8-16-6-5-10;/h1,4,7,10-11,16H,2-3,5-6,8H2;1H. The van der Waals surface area contributed by atoms with Gasteiger partial charge in [0.15, 0.2) is 0 Å². The van der Waals surface area contributed by atoms with Crippen LogP contribution >= 0.6 is 28.3 Å². The van der Waals surface area contributed by atoms with Gasteiger partial charge in [-0.25, -0.2) is 12.8 Å². The van der Waals surface area contributed by atoms with Gasteiger partial charge in [0.2, 0.25) is 10.0 Å². The lowest BCUT2D eigenvalue weighted by Crippen LogP contribution is -2.42. The van der Waals surface area contributed by atoms with Gasteiger partial charge in [-0.3, -0.25) is 0 Å². The highest BCUT2D eigenvalue weighted by Crippen LogP contribution is 2.35. The molecule has 1 aromatic rings. The largest absolute Gasteiger partial charge is 0.315 e. The molecule has 2 atom stereocenters. The van der Waals surface area contributed by atoms with Gasteiger partial charge in [-0.15, -0.1) is 12.4 Å². The van der Waals surface area contributed by atoms with E-state index in [2.05, 4.69) is 21.2 Å². The third-order valence-electron chi connectivity index (χ3n) is 4.04. The molecule has 0 spiro atoms. The maximum atomic E-state index is 14.0. The second-order valence-corrected chi connectivity index (χ2v) is 8.01. The first kappa shape index (κ1) is 17.1. The van der Waals surface area contributed by atoms with E-state index < -0.39 is 15.8 Å². The van der Waals surface area contributed by atoms with Crippen molar-refractivity contribution in [1.82, 2.24) is 9.62 Å². The summed E-state index contributed by atoms with van der Waals surface area (Å²) < 4.78 is 41.7. The van der Waals surface area contributed by atoms with Crippen LogP contribution in [0.2, 0.25) is 0 Å². The van der Waals surface area contributed by atoms with E-state index in [0.717, 1.165) is 25.8 Å². The van der Waals surface area contributed by atoms with E-state index in [9.17, 15) is 12.8 Å². The lowest BCUT2D eigenvalue weighted by atomic mass is 10.1. The zero-order valence-electron chi connectivity index (χ0n) is 11.3. The van der Waals surface area contributed by atoms with Crippen molar-refractivity contribution in [2.75, 3.05) is 13.1 Å². The smallest absolute Gasteiger partial charge is 0.246 e. The van der Waals surface area contributed by atoms with Crippen LogP contribution in [0.4, 0.5) is 4.39 Å². The monoisotopic (exact) mass is 398 g/mol. The predicted molar refractivity (Wildman–Crippen MR) is 84.7 cm³/mol. The van der Waals surface area contributed by atoms with Gasteiger partial charge in [0, 0.05) is 23.1 Å². The molecular formula is C13H17BrClFN2O2S. The number of hydrogen-bond acceptors (Lipinski definition) is 3. The van der Waals surface area contributed by atoms with Crippen molar-refractivity contribution in [3.63, 3.8) is 0 Å². The molecule has 2 aliphatic rings. The third kappa shape index (κ3) is 3.12. The summed E-state index contributed by atoms with van der Waals surface area (Å²) in [5, 5.41) is 3.25. The Bertz CT molecular complexity index is 615. The van der Waals surface area contributed by atoms with E-state index in [4.69, 9.17) is 0 Å². The summed E-state index contributed by atoms with van der Waals surface area (Å²) in [4.78, 5) is -0.231. The van der Waals surface area contributed by atoms with E-state index in [1.165, 1.54) is 22.5 Å². The quantitative estimate of drug-likeness (QED) is 0.831. The Balaban J connectivity index is 0.00000161. The maximum absolute atomic E-state index is 14.0. The lowest BCUT2D eigenvalue weighted by molar-refractivity contribution is 0.333. The SMILES string of the molecule is Cl.O=S(=O)(c1cc(Br)ccc1F)N1C2CCNCC1CC2. The predicted octanol–water partition coefficient (Wildman–Crippen LogP) is 2.53. The van der Waals surface area contributed by atoms with Gasteiger partial charge in [0.1, 0.15) is 10.7 Å². The number of halogens is 3. The Labute approximate surface area is 138 Å². The van der Waals surface area contributed by atoms with Crippen LogP contribution in [-0.2, 0) is 10.0 Å². The number of nitrogens with zero attached hydrogens (tertiary/aromatic N) is 1. The van der Waals surface area contributed by atoms with Crippen LogP contribution < -0.4 is 5.32 Å². The number of nitrogens with one attached hydrogen (secondary N) is 1. The lowest BCUT2D eigenvalue weighted by Gasteiger charge is -2.27. The number of hydrogen-bond donors (Lipinski definition) is 1. The summed E-state index contributed by atoms with van der Waals surface area (Å²) in [6.45, 7) is 1.46. The summed E-state index contributed by atoms with van der Waals surface area (Å²) >= 11 is 3.21. The molecule has 0 aromatic heterocycles. The van der Waals surface area contributed by atoms with Gasteiger partial charge in [-0.2, -0.15) is 4.31 Å². The molecule has 118 valence electrons. The van der Waals surface area contributed by atoms with Crippen LogP contribution in [0, 0.1) is 5.82 Å². The van der Waals surface area contributed by atoms with Gasteiger partial charge in [-0.1, -0.05) is 15.9 Å². The van der Waals surface area contributed by atoms with Crippen molar-refractivity contribution in [3.05, 3.63) is 28.5 Å². The van der Waals surface area contributed by atoms with Crippen molar-refractivity contribution in [3.8, 4) is 0 Å². The fourth-order valence-corrected chi connectivity index (χ4v) is 5.63. The van der Waals surface area contributed by atoms with E-state index in [-0.39, 0.29) is 29.4 Å². The van der Waals surface area contributed by atoms with Gasteiger partial charge in [0.25, 0.3) is 0 Å². The molecule has 1 aromatic carbocycles. The molecule has 3 rings (SSSR count). The topological polar surface area (TPSA) is 49.4 Å². The fraction of sp³-hybridized carbons (Fsp3) is 0.538. The molecule has 0 amide bonds. The molecule has 1 N–H and O–H groups in total. The summed E-state index contributed by atoms with van der Waals surface area (Å²) in [5.74, 6) is -0.690. The Kier molecular flexibility index (Phi) is 5.31. The molecule has 4 nitrogen and oxygen atoms in total. The minimum absolute atomic E-state index is 0. The Morgan fingerprint density at radius 2 is 1.95 bits per heavy atom. The summed E-state index contributed by atoms with van der Waals surface area (Å²) in [5.41, 5.74) is 0. The number of rotatable bonds is 2. The highest BCUT2D eigenvalue weighted by atomic mass is 79.9. The molecule has 0 saturated carbocycles. The average Bonchev–Trinajstić information content (AvgIpc) is 2.66. The van der Waals surface area contributed by atoms with E-state index in [1.54, 1.807) is 0 Å². The molecule has 2 saturated heterocycles. The van der Waals surface area contributed by atoms with Crippen LogP contribution in [0.3, 0.4) is 0 Å². The van der Waals surface area contributed by atoms with Crippen molar-refractivity contribution < 1.29 is 12.8 Å². The summed E-state index contributed by atoms with van der Waals surface area (Å²) in [6, 6.07) is 3.97. The molecule has 0 aliphatic carbocycles. The molecule has 2 heterocycles. The normalized spacial score (nSPS) is 26.2. The molecule has 2 aliphatic heterocycles. The Hall–Kier alpha value is -0.210. The van der Waals surface area contributed by atoms with Crippen LogP contribution in [0.15, 0.2) is 27.6 Å². The van der Waals surface area contributed by atoms with E-state index in [1.807, 2.05) is 0 Å². The third-order valence-corrected chi connectivity index (χ3v) is 6.55.